The van der Waals surface area contributed by atoms with Crippen LogP contribution in [0.3, 0.4) is 0 Å². The molecular weight excluding hydrogens is 675 g/mol. The van der Waals surface area contributed by atoms with Crippen LogP contribution in [-0.2, 0) is 13.0 Å². The molecule has 1 aliphatic carbocycles. The van der Waals surface area contributed by atoms with E-state index in [9.17, 15) is 20.1 Å². The lowest BCUT2D eigenvalue weighted by Crippen LogP contribution is -2.56. The summed E-state index contributed by atoms with van der Waals surface area (Å²) in [5.74, 6) is 2.87. The number of hydrogen-bond acceptors (Lipinski definition) is 8. The number of hydrogen-bond donors (Lipinski definition) is 4. The highest BCUT2D eigenvalue weighted by atomic mass is 16.3. The Morgan fingerprint density at radius 1 is 0.778 bits per heavy atom. The third-order valence-corrected chi connectivity index (χ3v) is 13.8. The van der Waals surface area contributed by atoms with Gasteiger partial charge in [-0.25, -0.2) is 0 Å². The predicted molar refractivity (Wildman–Crippen MR) is 215 cm³/mol. The Morgan fingerprint density at radius 3 is 2.22 bits per heavy atom. The molecule has 1 amide bonds. The first-order valence-electron chi connectivity index (χ1n) is 21.0. The number of carbonyl (C=O) groups excluding carboxylic acids is 1. The van der Waals surface area contributed by atoms with Crippen LogP contribution in [0.2, 0.25) is 0 Å². The van der Waals surface area contributed by atoms with Gasteiger partial charge in [0.25, 0.3) is 5.91 Å². The monoisotopic (exact) mass is 735 g/mol. The summed E-state index contributed by atoms with van der Waals surface area (Å²) in [4.78, 5) is 22.7. The van der Waals surface area contributed by atoms with E-state index in [1.54, 1.807) is 4.90 Å². The Kier molecular flexibility index (Phi) is 11.2. The highest BCUT2D eigenvalue weighted by Crippen LogP contribution is 2.45. The van der Waals surface area contributed by atoms with Crippen molar-refractivity contribution in [2.45, 2.75) is 103 Å². The number of aliphatic hydroxyl groups is 2. The van der Waals surface area contributed by atoms with Crippen LogP contribution in [0.25, 0.3) is 0 Å². The summed E-state index contributed by atoms with van der Waals surface area (Å²) in [5.41, 5.74) is 8.43. The summed E-state index contributed by atoms with van der Waals surface area (Å²) < 4.78 is 0. The highest BCUT2D eigenvalue weighted by Gasteiger charge is 2.39. The van der Waals surface area contributed by atoms with E-state index in [0.717, 1.165) is 75.2 Å². The van der Waals surface area contributed by atoms with Crippen LogP contribution in [0, 0.1) is 17.8 Å². The van der Waals surface area contributed by atoms with Crippen molar-refractivity contribution in [3.8, 4) is 5.75 Å². The number of phenols is 1. The van der Waals surface area contributed by atoms with Crippen LogP contribution in [-0.4, -0.2) is 95.3 Å². The first kappa shape index (κ1) is 37.3. The molecular formula is C45H61N5O4. The quantitative estimate of drug-likeness (QED) is 0.193. The average molecular weight is 736 g/mol. The van der Waals surface area contributed by atoms with Crippen LogP contribution in [0.5, 0.6) is 5.75 Å². The number of fused-ring (bicyclic) bond motifs is 2. The predicted octanol–water partition coefficient (Wildman–Crippen LogP) is 6.30. The molecule has 3 aromatic rings. The van der Waals surface area contributed by atoms with E-state index in [1.807, 2.05) is 18.2 Å². The van der Waals surface area contributed by atoms with Gasteiger partial charge in [0.05, 0.1) is 6.04 Å². The van der Waals surface area contributed by atoms with Gasteiger partial charge >= 0.3 is 0 Å². The van der Waals surface area contributed by atoms with Crippen LogP contribution in [0.4, 0.5) is 11.4 Å². The molecule has 4 heterocycles. The molecule has 8 rings (SSSR count). The third kappa shape index (κ3) is 7.75. The molecule has 3 aromatic carbocycles. The van der Waals surface area contributed by atoms with Gasteiger partial charge in [-0.05, 0) is 127 Å². The normalized spacial score (nSPS) is 26.7. The Hall–Kier alpha value is -3.63. The van der Waals surface area contributed by atoms with E-state index in [-0.39, 0.29) is 11.9 Å². The number of carbonyl (C=O) groups is 1. The lowest BCUT2D eigenvalue weighted by molar-refractivity contribution is -0.0477. The van der Waals surface area contributed by atoms with Gasteiger partial charge in [0.2, 0.25) is 0 Å². The van der Waals surface area contributed by atoms with E-state index in [0.29, 0.717) is 37.0 Å². The van der Waals surface area contributed by atoms with Crippen LogP contribution in [0.15, 0.2) is 60.7 Å². The van der Waals surface area contributed by atoms with E-state index in [2.05, 4.69) is 76.3 Å². The lowest BCUT2D eigenvalue weighted by Gasteiger charge is -2.40. The molecule has 4 N–H and O–H groups in total. The summed E-state index contributed by atoms with van der Waals surface area (Å²) in [6, 6.07) is 21.5. The molecule has 3 fully saturated rings. The number of nitrogens with one attached hydrogen (secondary N) is 1. The second-order valence-corrected chi connectivity index (χ2v) is 16.9. The SMILES string of the molecule is CCC(CC)C[C@H]1CCc2cc(O)ccc2[C@H]1c1ccc(N2CCC(CN3CCN(c4ccc5c(c4)CN(C4CCC(O)NC4O)C5=O)CC3)CC2)cc1. The van der Waals surface area contributed by atoms with Gasteiger partial charge in [-0.1, -0.05) is 44.9 Å². The molecule has 3 unspecified atom stereocenters. The smallest absolute Gasteiger partial charge is 0.254 e. The molecule has 5 aliphatic rings. The Bertz CT molecular complexity index is 1750. The van der Waals surface area contributed by atoms with Crippen molar-refractivity contribution in [3.63, 3.8) is 0 Å². The van der Waals surface area contributed by atoms with E-state index >= 15 is 0 Å². The zero-order valence-electron chi connectivity index (χ0n) is 32.4. The van der Waals surface area contributed by atoms with Crippen LogP contribution < -0.4 is 15.1 Å². The number of aromatic hydroxyl groups is 1. The first-order valence-corrected chi connectivity index (χ1v) is 21.0. The number of nitrogens with zero attached hydrogens (tertiary/aromatic N) is 4. The molecule has 0 radical (unpaired) electrons. The maximum Gasteiger partial charge on any atom is 0.254 e. The third-order valence-electron chi connectivity index (χ3n) is 13.8. The molecule has 290 valence electrons. The van der Waals surface area contributed by atoms with Crippen molar-refractivity contribution in [1.82, 2.24) is 15.1 Å². The van der Waals surface area contributed by atoms with E-state index in [4.69, 9.17) is 0 Å². The van der Waals surface area contributed by atoms with E-state index < -0.39 is 12.5 Å². The van der Waals surface area contributed by atoms with Crippen molar-refractivity contribution in [2.24, 2.45) is 17.8 Å². The molecule has 54 heavy (non-hydrogen) atoms. The molecule has 0 bridgehead atoms. The fraction of sp³-hybridized carbons (Fsp3) is 0.578. The molecule has 9 nitrogen and oxygen atoms in total. The van der Waals surface area contributed by atoms with Crippen LogP contribution >= 0.6 is 0 Å². The number of benzene rings is 3. The topological polar surface area (TPSA) is 103 Å². The van der Waals surface area contributed by atoms with Gasteiger partial charge < -0.3 is 30.0 Å². The molecule has 0 saturated carbocycles. The summed E-state index contributed by atoms with van der Waals surface area (Å²) >= 11 is 0. The van der Waals surface area contributed by atoms with Crippen molar-refractivity contribution in [2.75, 3.05) is 55.6 Å². The van der Waals surface area contributed by atoms with Gasteiger partial charge in [-0.15, -0.1) is 0 Å². The number of piperazine rings is 1. The van der Waals surface area contributed by atoms with Crippen molar-refractivity contribution >= 4 is 17.3 Å². The minimum absolute atomic E-state index is 0.0270. The summed E-state index contributed by atoms with van der Waals surface area (Å²) in [6.07, 6.45) is 7.91. The van der Waals surface area contributed by atoms with Crippen molar-refractivity contribution in [1.29, 1.82) is 0 Å². The zero-order chi connectivity index (χ0) is 37.3. The molecule has 5 atom stereocenters. The molecule has 3 saturated heterocycles. The minimum Gasteiger partial charge on any atom is -0.508 e. The molecule has 4 aliphatic heterocycles. The number of amides is 1. The fourth-order valence-corrected chi connectivity index (χ4v) is 10.4. The number of aryl methyl sites for hydroxylation is 1. The number of piperidine rings is 2. The van der Waals surface area contributed by atoms with Gasteiger partial charge in [0.15, 0.2) is 0 Å². The van der Waals surface area contributed by atoms with Crippen molar-refractivity contribution < 1.29 is 20.1 Å². The Balaban J connectivity index is 0.828. The van der Waals surface area contributed by atoms with E-state index in [1.165, 1.54) is 66.6 Å². The Labute approximate surface area is 322 Å². The van der Waals surface area contributed by atoms with Gasteiger partial charge in [0, 0.05) is 75.2 Å². The maximum absolute atomic E-state index is 13.2. The molecule has 0 aromatic heterocycles. The van der Waals surface area contributed by atoms with Gasteiger partial charge in [0.1, 0.15) is 18.2 Å². The molecule has 0 spiro atoms. The second kappa shape index (κ2) is 16.2. The average Bonchev–Trinajstić information content (AvgIpc) is 3.52. The number of rotatable bonds is 10. The summed E-state index contributed by atoms with van der Waals surface area (Å²) in [7, 11) is 0. The minimum atomic E-state index is -0.918. The summed E-state index contributed by atoms with van der Waals surface area (Å²) in [6.45, 7) is 12.6. The highest BCUT2D eigenvalue weighted by molar-refractivity contribution is 5.99. The van der Waals surface area contributed by atoms with Crippen LogP contribution in [0.1, 0.15) is 104 Å². The fourth-order valence-electron chi connectivity index (χ4n) is 10.4. The lowest BCUT2D eigenvalue weighted by atomic mass is 9.68. The second-order valence-electron chi connectivity index (χ2n) is 16.9. The zero-order valence-corrected chi connectivity index (χ0v) is 32.4. The summed E-state index contributed by atoms with van der Waals surface area (Å²) in [5, 5.41) is 33.3. The number of anilines is 2. The largest absolute Gasteiger partial charge is 0.508 e. The first-order chi connectivity index (χ1) is 26.3. The number of aliphatic hydroxyl groups excluding tert-OH is 2. The Morgan fingerprint density at radius 2 is 1.50 bits per heavy atom. The number of phenolic OH excluding ortho intramolecular Hbond substituents is 1. The standard InChI is InChI=1S/C45H61N5O4/c1-3-30(4-2)25-34-6-5-33-27-38(51)12-14-39(33)43(34)32-7-9-36(10-8-32)48-19-17-31(18-20-48)28-47-21-23-49(24-22-47)37-11-13-40-35(26-37)29-50(45(40)54)41-15-16-42(52)46-44(41)53/h7-14,26-27,30-31,34,41-44,46,51-53H,3-6,15-25,28-29H2,1-2H3/t34-,41?,42?,43+,44?/m1/s1. The van der Waals surface area contributed by atoms with Gasteiger partial charge in [-0.2, -0.15) is 0 Å². The molecule has 9 heteroatoms. The van der Waals surface area contributed by atoms with Gasteiger partial charge in [-0.3, -0.25) is 15.0 Å². The maximum atomic E-state index is 13.2. The van der Waals surface area contributed by atoms with Crippen molar-refractivity contribution in [3.05, 3.63) is 88.5 Å².